The van der Waals surface area contributed by atoms with Crippen molar-refractivity contribution < 1.29 is 24.0 Å². The monoisotopic (exact) mass is 407 g/mol. The molecular weight excluding hydrogens is 378 g/mol. The SMILES string of the molecule is C[C@@H]1NC(=O)[C@@H]2CCCN2C(=O)[C@H](C)NC(=O)[C@@H]2CCCN2C(=O)[C@H](C)NC1=O. The van der Waals surface area contributed by atoms with E-state index >= 15 is 0 Å². The fraction of sp³-hybridized carbons (Fsp3) is 0.737. The summed E-state index contributed by atoms with van der Waals surface area (Å²) in [5.74, 6) is -1.99. The van der Waals surface area contributed by atoms with Gasteiger partial charge in [0.05, 0.1) is 0 Å². The van der Waals surface area contributed by atoms with Gasteiger partial charge in [0.15, 0.2) is 0 Å². The molecule has 0 spiro atoms. The maximum absolute atomic E-state index is 12.9. The van der Waals surface area contributed by atoms with Crippen molar-refractivity contribution in [2.45, 2.75) is 76.7 Å². The van der Waals surface area contributed by atoms with Gasteiger partial charge in [-0.2, -0.15) is 0 Å². The van der Waals surface area contributed by atoms with Crippen LogP contribution in [0.15, 0.2) is 0 Å². The van der Waals surface area contributed by atoms with Gasteiger partial charge in [0.2, 0.25) is 29.5 Å². The van der Waals surface area contributed by atoms with Crippen molar-refractivity contribution >= 4 is 29.5 Å². The van der Waals surface area contributed by atoms with E-state index in [1.807, 2.05) is 0 Å². The second kappa shape index (κ2) is 8.38. The number of hydrogen-bond donors (Lipinski definition) is 3. The fourth-order valence-electron chi connectivity index (χ4n) is 4.25. The van der Waals surface area contributed by atoms with Gasteiger partial charge in [0.25, 0.3) is 0 Å². The standard InChI is InChI=1S/C19H29N5O5/c1-10-15(25)21-11(2)18(28)24-9-5-7-14(24)17(27)22-12(3)19(29)23-8-4-6-13(23)16(26)20-10/h10-14H,4-9H2,1-3H3,(H,20,26)(H,21,25)(H,22,27)/t10-,11-,12-,13-,14-/m0/s1. The Morgan fingerprint density at radius 2 is 1.00 bits per heavy atom. The molecule has 29 heavy (non-hydrogen) atoms. The number of amides is 5. The topological polar surface area (TPSA) is 128 Å². The van der Waals surface area contributed by atoms with Crippen molar-refractivity contribution in [3.05, 3.63) is 0 Å². The number of carbonyl (C=O) groups is 5. The Labute approximate surface area is 169 Å². The van der Waals surface area contributed by atoms with Gasteiger partial charge < -0.3 is 25.8 Å². The molecule has 3 aliphatic heterocycles. The third-order valence-electron chi connectivity index (χ3n) is 5.89. The van der Waals surface area contributed by atoms with Crippen molar-refractivity contribution in [2.24, 2.45) is 0 Å². The van der Waals surface area contributed by atoms with Crippen LogP contribution in [0.2, 0.25) is 0 Å². The second-order valence-corrected chi connectivity index (χ2v) is 8.07. The molecule has 0 aromatic carbocycles. The van der Waals surface area contributed by atoms with Crippen LogP contribution in [0.3, 0.4) is 0 Å². The highest BCUT2D eigenvalue weighted by atomic mass is 16.2. The zero-order valence-corrected chi connectivity index (χ0v) is 17.1. The lowest BCUT2D eigenvalue weighted by Gasteiger charge is -2.29. The molecule has 3 fully saturated rings. The van der Waals surface area contributed by atoms with Crippen LogP contribution in [0.5, 0.6) is 0 Å². The first-order valence-electron chi connectivity index (χ1n) is 10.2. The van der Waals surface area contributed by atoms with E-state index in [4.69, 9.17) is 0 Å². The molecule has 3 saturated heterocycles. The lowest BCUT2D eigenvalue weighted by atomic mass is 10.1. The fourth-order valence-corrected chi connectivity index (χ4v) is 4.25. The van der Waals surface area contributed by atoms with Crippen molar-refractivity contribution in [3.63, 3.8) is 0 Å². The molecule has 0 saturated carbocycles. The van der Waals surface area contributed by atoms with Crippen molar-refractivity contribution in [2.75, 3.05) is 13.1 Å². The number of nitrogens with zero attached hydrogens (tertiary/aromatic N) is 2. The molecule has 5 amide bonds. The summed E-state index contributed by atoms with van der Waals surface area (Å²) in [6.07, 6.45) is 2.35. The first-order chi connectivity index (χ1) is 13.7. The third kappa shape index (κ3) is 4.20. The molecule has 0 aromatic rings. The molecule has 3 rings (SSSR count). The number of hydrogen-bond acceptors (Lipinski definition) is 5. The molecular formula is C19H29N5O5. The molecule has 5 atom stereocenters. The maximum Gasteiger partial charge on any atom is 0.245 e. The van der Waals surface area contributed by atoms with Crippen LogP contribution < -0.4 is 16.0 Å². The van der Waals surface area contributed by atoms with Crippen LogP contribution in [0.4, 0.5) is 0 Å². The minimum Gasteiger partial charge on any atom is -0.343 e. The smallest absolute Gasteiger partial charge is 0.245 e. The molecule has 10 nitrogen and oxygen atoms in total. The summed E-state index contributed by atoms with van der Waals surface area (Å²) in [6.45, 7) is 5.52. The van der Waals surface area contributed by atoms with Crippen molar-refractivity contribution in [1.29, 1.82) is 0 Å². The first-order valence-corrected chi connectivity index (χ1v) is 10.2. The minimum absolute atomic E-state index is 0.341. The van der Waals surface area contributed by atoms with E-state index in [0.29, 0.717) is 38.8 Å². The van der Waals surface area contributed by atoms with Gasteiger partial charge in [0.1, 0.15) is 30.2 Å². The zero-order chi connectivity index (χ0) is 21.3. The van der Waals surface area contributed by atoms with Crippen LogP contribution in [0.25, 0.3) is 0 Å². The van der Waals surface area contributed by atoms with E-state index in [9.17, 15) is 24.0 Å². The van der Waals surface area contributed by atoms with Crippen LogP contribution in [-0.2, 0) is 24.0 Å². The summed E-state index contributed by atoms with van der Waals surface area (Å²) >= 11 is 0. The summed E-state index contributed by atoms with van der Waals surface area (Å²) < 4.78 is 0. The number of nitrogens with one attached hydrogen (secondary N) is 3. The predicted molar refractivity (Wildman–Crippen MR) is 102 cm³/mol. The molecule has 0 aliphatic carbocycles. The summed E-state index contributed by atoms with van der Waals surface area (Å²) in [6, 6.07) is -3.85. The highest BCUT2D eigenvalue weighted by Gasteiger charge is 2.41. The summed E-state index contributed by atoms with van der Waals surface area (Å²) in [4.78, 5) is 66.5. The molecule has 0 unspecified atom stereocenters. The predicted octanol–water partition coefficient (Wildman–Crippen LogP) is -1.50. The van der Waals surface area contributed by atoms with E-state index in [1.54, 1.807) is 13.8 Å². The minimum atomic E-state index is -0.855. The lowest BCUT2D eigenvalue weighted by Crippen LogP contribution is -2.56. The average Bonchev–Trinajstić information content (AvgIpc) is 3.35. The van der Waals surface area contributed by atoms with Gasteiger partial charge in [-0.15, -0.1) is 0 Å². The Hall–Kier alpha value is -2.65. The Morgan fingerprint density at radius 1 is 0.621 bits per heavy atom. The molecule has 10 heteroatoms. The Kier molecular flexibility index (Phi) is 6.09. The third-order valence-corrected chi connectivity index (χ3v) is 5.89. The second-order valence-electron chi connectivity index (χ2n) is 8.07. The van der Waals surface area contributed by atoms with E-state index in [1.165, 1.54) is 16.7 Å². The van der Waals surface area contributed by atoms with Crippen LogP contribution in [-0.4, -0.2) is 82.6 Å². The Balaban J connectivity index is 1.89. The van der Waals surface area contributed by atoms with E-state index < -0.39 is 47.9 Å². The summed E-state index contributed by atoms with van der Waals surface area (Å²) in [7, 11) is 0. The van der Waals surface area contributed by atoms with E-state index in [-0.39, 0.29) is 11.8 Å². The molecule has 160 valence electrons. The van der Waals surface area contributed by atoms with Crippen LogP contribution in [0.1, 0.15) is 46.5 Å². The molecule has 3 heterocycles. The number of carbonyl (C=O) groups excluding carboxylic acids is 5. The molecule has 3 N–H and O–H groups in total. The van der Waals surface area contributed by atoms with Crippen molar-refractivity contribution in [3.8, 4) is 0 Å². The van der Waals surface area contributed by atoms with Crippen molar-refractivity contribution in [1.82, 2.24) is 25.8 Å². The quantitative estimate of drug-likeness (QED) is 0.450. The first kappa shape index (κ1) is 21.1. The van der Waals surface area contributed by atoms with Gasteiger partial charge in [0, 0.05) is 13.1 Å². The normalized spacial score (nSPS) is 34.6. The van der Waals surface area contributed by atoms with Gasteiger partial charge in [-0.3, -0.25) is 24.0 Å². The van der Waals surface area contributed by atoms with Crippen LogP contribution >= 0.6 is 0 Å². The molecule has 0 bridgehead atoms. The molecule has 0 radical (unpaired) electrons. The van der Waals surface area contributed by atoms with Crippen LogP contribution in [0, 0.1) is 0 Å². The largest absolute Gasteiger partial charge is 0.343 e. The number of fused-ring (bicyclic) bond motifs is 2. The van der Waals surface area contributed by atoms with E-state index in [0.717, 1.165) is 0 Å². The Morgan fingerprint density at radius 3 is 1.45 bits per heavy atom. The average molecular weight is 407 g/mol. The van der Waals surface area contributed by atoms with Gasteiger partial charge in [-0.1, -0.05) is 0 Å². The van der Waals surface area contributed by atoms with Gasteiger partial charge in [-0.25, -0.2) is 0 Å². The maximum atomic E-state index is 12.9. The molecule has 0 aromatic heterocycles. The highest BCUT2D eigenvalue weighted by molar-refractivity contribution is 5.97. The summed E-state index contributed by atoms with van der Waals surface area (Å²) in [5, 5.41) is 7.96. The summed E-state index contributed by atoms with van der Waals surface area (Å²) in [5.41, 5.74) is 0. The van der Waals surface area contributed by atoms with E-state index in [2.05, 4.69) is 16.0 Å². The Bertz CT molecular complexity index is 726. The van der Waals surface area contributed by atoms with Gasteiger partial charge >= 0.3 is 0 Å². The lowest BCUT2D eigenvalue weighted by molar-refractivity contribution is -0.143. The number of rotatable bonds is 0. The molecule has 3 aliphatic rings. The highest BCUT2D eigenvalue weighted by Crippen LogP contribution is 2.21. The zero-order valence-electron chi connectivity index (χ0n) is 17.1. The van der Waals surface area contributed by atoms with Gasteiger partial charge in [-0.05, 0) is 46.5 Å².